The second kappa shape index (κ2) is 6.50. The Morgan fingerprint density at radius 3 is 2.78 bits per heavy atom. The molecule has 0 spiro atoms. The normalized spacial score (nSPS) is 27.9. The third-order valence-electron chi connectivity index (χ3n) is 3.29. The zero-order chi connectivity index (χ0) is 13.8. The maximum absolute atomic E-state index is 12.0. The molecule has 3 unspecified atom stereocenters. The Morgan fingerprint density at radius 2 is 2.22 bits per heavy atom. The molecule has 0 aromatic heterocycles. The Bertz CT molecular complexity index is 279. The van der Waals surface area contributed by atoms with Crippen LogP contribution < -0.4 is 10.6 Å². The number of hydrogen-bond acceptors (Lipinski definition) is 4. The summed E-state index contributed by atoms with van der Waals surface area (Å²) in [6, 6.07) is 0.400. The summed E-state index contributed by atoms with van der Waals surface area (Å²) in [5.41, 5.74) is -0.877. The van der Waals surface area contributed by atoms with Gasteiger partial charge in [-0.3, -0.25) is 4.79 Å². The van der Waals surface area contributed by atoms with Crippen LogP contribution in [0, 0.1) is 5.92 Å². The van der Waals surface area contributed by atoms with Crippen molar-refractivity contribution in [2.45, 2.75) is 38.3 Å². The predicted molar refractivity (Wildman–Crippen MR) is 72.4 cm³/mol. The van der Waals surface area contributed by atoms with E-state index in [9.17, 15) is 9.90 Å². The molecule has 1 saturated heterocycles. The lowest BCUT2D eigenvalue weighted by molar-refractivity contribution is -0.127. The van der Waals surface area contributed by atoms with Crippen molar-refractivity contribution in [2.75, 3.05) is 33.7 Å². The molecule has 0 aliphatic carbocycles. The van der Waals surface area contributed by atoms with E-state index < -0.39 is 5.60 Å². The van der Waals surface area contributed by atoms with Crippen LogP contribution in [0.2, 0.25) is 0 Å². The monoisotopic (exact) mass is 257 g/mol. The first kappa shape index (κ1) is 15.4. The van der Waals surface area contributed by atoms with E-state index in [2.05, 4.69) is 17.6 Å². The molecule has 5 nitrogen and oxygen atoms in total. The van der Waals surface area contributed by atoms with Crippen LogP contribution in [0.15, 0.2) is 0 Å². The molecule has 1 rings (SSSR count). The van der Waals surface area contributed by atoms with E-state index in [1.165, 1.54) is 0 Å². The first-order valence-corrected chi connectivity index (χ1v) is 6.68. The fourth-order valence-electron chi connectivity index (χ4n) is 2.53. The molecule has 1 fully saturated rings. The van der Waals surface area contributed by atoms with Crippen LogP contribution in [-0.4, -0.2) is 61.3 Å². The molecule has 0 bridgehead atoms. The van der Waals surface area contributed by atoms with Crippen LogP contribution in [-0.2, 0) is 4.79 Å². The minimum absolute atomic E-state index is 0.0716. The standard InChI is InChI=1S/C13H27N3O2/c1-10-7-11(5-6-14-10)12(17)15-8-13(2,18)9-16(3)4/h10-11,14,18H,5-9H2,1-4H3,(H,15,17). The van der Waals surface area contributed by atoms with Crippen molar-refractivity contribution in [2.24, 2.45) is 5.92 Å². The molecule has 1 heterocycles. The number of hydrogen-bond donors (Lipinski definition) is 3. The third kappa shape index (κ3) is 5.33. The van der Waals surface area contributed by atoms with Crippen molar-refractivity contribution in [1.82, 2.24) is 15.5 Å². The van der Waals surface area contributed by atoms with E-state index in [1.54, 1.807) is 6.92 Å². The molecule has 0 radical (unpaired) electrons. The van der Waals surface area contributed by atoms with Crippen molar-refractivity contribution >= 4 is 5.91 Å². The van der Waals surface area contributed by atoms with E-state index in [0.29, 0.717) is 19.1 Å². The molecule has 1 amide bonds. The Balaban J connectivity index is 2.36. The highest BCUT2D eigenvalue weighted by Crippen LogP contribution is 2.16. The van der Waals surface area contributed by atoms with Gasteiger partial charge in [0.1, 0.15) is 0 Å². The maximum Gasteiger partial charge on any atom is 0.223 e. The fraction of sp³-hybridized carbons (Fsp3) is 0.923. The van der Waals surface area contributed by atoms with Crippen LogP contribution in [0.25, 0.3) is 0 Å². The number of nitrogens with zero attached hydrogens (tertiary/aromatic N) is 1. The number of piperidine rings is 1. The lowest BCUT2D eigenvalue weighted by atomic mass is 9.92. The van der Waals surface area contributed by atoms with Crippen molar-refractivity contribution in [3.63, 3.8) is 0 Å². The topological polar surface area (TPSA) is 64.6 Å². The van der Waals surface area contributed by atoms with Crippen LogP contribution in [0.3, 0.4) is 0 Å². The average Bonchev–Trinajstić information content (AvgIpc) is 2.24. The first-order valence-electron chi connectivity index (χ1n) is 6.68. The number of carbonyl (C=O) groups is 1. The van der Waals surface area contributed by atoms with E-state index in [0.717, 1.165) is 19.4 Å². The molecular weight excluding hydrogens is 230 g/mol. The summed E-state index contributed by atoms with van der Waals surface area (Å²) in [4.78, 5) is 13.9. The van der Waals surface area contributed by atoms with Gasteiger partial charge < -0.3 is 20.6 Å². The number of nitrogens with one attached hydrogen (secondary N) is 2. The van der Waals surface area contributed by atoms with E-state index >= 15 is 0 Å². The van der Waals surface area contributed by atoms with E-state index in [4.69, 9.17) is 0 Å². The van der Waals surface area contributed by atoms with Crippen LogP contribution in [0.5, 0.6) is 0 Å². The van der Waals surface area contributed by atoms with Crippen LogP contribution >= 0.6 is 0 Å². The number of aliphatic hydroxyl groups is 1. The van der Waals surface area contributed by atoms with Gasteiger partial charge >= 0.3 is 0 Å². The molecular formula is C13H27N3O2. The van der Waals surface area contributed by atoms with Gasteiger partial charge in [0.15, 0.2) is 0 Å². The average molecular weight is 257 g/mol. The van der Waals surface area contributed by atoms with Gasteiger partial charge in [-0.15, -0.1) is 0 Å². The highest BCUT2D eigenvalue weighted by molar-refractivity contribution is 5.78. The van der Waals surface area contributed by atoms with Crippen molar-refractivity contribution in [3.8, 4) is 0 Å². The second-order valence-corrected chi connectivity index (χ2v) is 6.03. The summed E-state index contributed by atoms with van der Waals surface area (Å²) >= 11 is 0. The van der Waals surface area contributed by atoms with Gasteiger partial charge in [0, 0.05) is 25.0 Å². The largest absolute Gasteiger partial charge is 0.387 e. The van der Waals surface area contributed by atoms with Gasteiger partial charge in [0.2, 0.25) is 5.91 Å². The Morgan fingerprint density at radius 1 is 1.56 bits per heavy atom. The van der Waals surface area contributed by atoms with Crippen LogP contribution in [0.1, 0.15) is 26.7 Å². The van der Waals surface area contributed by atoms with Gasteiger partial charge in [0.05, 0.1) is 5.60 Å². The fourth-order valence-corrected chi connectivity index (χ4v) is 2.53. The molecule has 3 atom stereocenters. The van der Waals surface area contributed by atoms with Crippen LogP contribution in [0.4, 0.5) is 0 Å². The SMILES string of the molecule is CC1CC(C(=O)NCC(C)(O)CN(C)C)CCN1. The molecule has 0 aromatic carbocycles. The Hall–Kier alpha value is -0.650. The van der Waals surface area contributed by atoms with Crippen molar-refractivity contribution in [3.05, 3.63) is 0 Å². The summed E-state index contributed by atoms with van der Waals surface area (Å²) in [6.45, 7) is 5.59. The number of amides is 1. The number of carbonyl (C=O) groups excluding carboxylic acids is 1. The van der Waals surface area contributed by atoms with Gasteiger partial charge in [-0.1, -0.05) is 0 Å². The minimum atomic E-state index is -0.877. The van der Waals surface area contributed by atoms with Crippen molar-refractivity contribution < 1.29 is 9.90 Å². The Labute approximate surface area is 110 Å². The number of likely N-dealkylation sites (N-methyl/N-ethyl adjacent to an activating group) is 1. The minimum Gasteiger partial charge on any atom is -0.387 e. The zero-order valence-electron chi connectivity index (χ0n) is 12.0. The maximum atomic E-state index is 12.0. The van der Waals surface area contributed by atoms with E-state index in [1.807, 2.05) is 19.0 Å². The number of rotatable bonds is 5. The van der Waals surface area contributed by atoms with Gasteiger partial charge in [-0.2, -0.15) is 0 Å². The summed E-state index contributed by atoms with van der Waals surface area (Å²) in [5.74, 6) is 0.152. The molecule has 1 aliphatic rings. The molecule has 0 aromatic rings. The summed E-state index contributed by atoms with van der Waals surface area (Å²) < 4.78 is 0. The van der Waals surface area contributed by atoms with Gasteiger partial charge in [-0.25, -0.2) is 0 Å². The molecule has 5 heteroatoms. The third-order valence-corrected chi connectivity index (χ3v) is 3.29. The molecule has 3 N–H and O–H groups in total. The van der Waals surface area contributed by atoms with Gasteiger partial charge in [-0.05, 0) is 47.3 Å². The first-order chi connectivity index (χ1) is 8.30. The lowest BCUT2D eigenvalue weighted by Crippen LogP contribution is -2.49. The smallest absolute Gasteiger partial charge is 0.223 e. The van der Waals surface area contributed by atoms with Crippen molar-refractivity contribution in [1.29, 1.82) is 0 Å². The molecule has 1 aliphatic heterocycles. The lowest BCUT2D eigenvalue weighted by Gasteiger charge is -2.30. The molecule has 106 valence electrons. The second-order valence-electron chi connectivity index (χ2n) is 6.03. The summed E-state index contributed by atoms with van der Waals surface area (Å²) in [6.07, 6.45) is 1.76. The summed E-state index contributed by atoms with van der Waals surface area (Å²) in [7, 11) is 3.82. The Kier molecular flexibility index (Phi) is 5.56. The highest BCUT2D eigenvalue weighted by Gasteiger charge is 2.27. The summed E-state index contributed by atoms with van der Waals surface area (Å²) in [5, 5.41) is 16.3. The molecule has 0 saturated carbocycles. The van der Waals surface area contributed by atoms with E-state index in [-0.39, 0.29) is 11.8 Å². The quantitative estimate of drug-likeness (QED) is 0.638. The molecule has 18 heavy (non-hydrogen) atoms. The highest BCUT2D eigenvalue weighted by atomic mass is 16.3. The zero-order valence-corrected chi connectivity index (χ0v) is 12.0. The predicted octanol–water partition coefficient (Wildman–Crippen LogP) is -0.197. The van der Waals surface area contributed by atoms with Gasteiger partial charge in [0.25, 0.3) is 0 Å².